The maximum Gasteiger partial charge on any atom is 0.419 e. The smallest absolute Gasteiger partial charge is 0.419 e. The van der Waals surface area contributed by atoms with Gasteiger partial charge >= 0.3 is 12.1 Å². The number of imidazole rings is 1. The van der Waals surface area contributed by atoms with Crippen molar-refractivity contribution in [2.45, 2.75) is 0 Å². The van der Waals surface area contributed by atoms with Crippen LogP contribution in [0.2, 0.25) is 0 Å². The van der Waals surface area contributed by atoms with Gasteiger partial charge in [-0.1, -0.05) is 0 Å². The van der Waals surface area contributed by atoms with E-state index in [4.69, 9.17) is 4.74 Å². The van der Waals surface area contributed by atoms with Crippen molar-refractivity contribution in [3.8, 4) is 0 Å². The van der Waals surface area contributed by atoms with Crippen LogP contribution in [0.4, 0.5) is 9.59 Å². The van der Waals surface area contributed by atoms with Crippen LogP contribution in [-0.2, 0) is 4.74 Å². The van der Waals surface area contributed by atoms with Gasteiger partial charge < -0.3 is 15.0 Å². The van der Waals surface area contributed by atoms with Gasteiger partial charge in [0.05, 0.1) is 6.54 Å². The quantitative estimate of drug-likeness (QED) is 0.777. The van der Waals surface area contributed by atoms with E-state index in [1.165, 1.54) is 23.3 Å². The van der Waals surface area contributed by atoms with Crippen LogP contribution in [0.5, 0.6) is 0 Å². The predicted octanol–water partition coefficient (Wildman–Crippen LogP) is -0.107. The second-order valence-corrected chi connectivity index (χ2v) is 3.30. The zero-order valence-electron chi connectivity index (χ0n) is 8.63. The Hall–Kier alpha value is -2.05. The molecule has 0 spiro atoms. The van der Waals surface area contributed by atoms with Crippen molar-refractivity contribution in [3.05, 3.63) is 18.7 Å². The number of rotatable bonds is 3. The van der Waals surface area contributed by atoms with Crippen molar-refractivity contribution in [1.29, 1.82) is 0 Å². The fourth-order valence-electron chi connectivity index (χ4n) is 1.41. The summed E-state index contributed by atoms with van der Waals surface area (Å²) >= 11 is 0. The van der Waals surface area contributed by atoms with E-state index in [0.29, 0.717) is 19.6 Å². The van der Waals surface area contributed by atoms with Crippen molar-refractivity contribution >= 4 is 12.1 Å². The van der Waals surface area contributed by atoms with E-state index in [0.717, 1.165) is 0 Å². The lowest BCUT2D eigenvalue weighted by Gasteiger charge is -2.13. The molecule has 86 valence electrons. The third-order valence-electron chi connectivity index (χ3n) is 2.25. The number of hydrogen-bond donors (Lipinski definition) is 1. The van der Waals surface area contributed by atoms with Gasteiger partial charge in [0.15, 0.2) is 0 Å². The number of amides is 2. The first-order valence-electron chi connectivity index (χ1n) is 4.95. The minimum Gasteiger partial charge on any atom is -0.447 e. The molecule has 0 bridgehead atoms. The summed E-state index contributed by atoms with van der Waals surface area (Å²) in [6, 6.07) is -0.112. The fraction of sp³-hybridized carbons (Fsp3) is 0.444. The van der Waals surface area contributed by atoms with Gasteiger partial charge in [-0.3, -0.25) is 0 Å². The second-order valence-electron chi connectivity index (χ2n) is 3.30. The van der Waals surface area contributed by atoms with Crippen LogP contribution in [-0.4, -0.2) is 52.8 Å². The molecule has 7 heteroatoms. The number of ether oxygens (including phenoxy) is 1. The Morgan fingerprint density at radius 3 is 3.12 bits per heavy atom. The van der Waals surface area contributed by atoms with Crippen LogP contribution in [0.3, 0.4) is 0 Å². The number of aromatic nitrogens is 2. The number of carbonyl (C=O) groups is 2. The van der Waals surface area contributed by atoms with E-state index < -0.39 is 6.09 Å². The molecular weight excluding hydrogens is 212 g/mol. The Kier molecular flexibility index (Phi) is 3.04. The molecule has 7 nitrogen and oxygen atoms in total. The summed E-state index contributed by atoms with van der Waals surface area (Å²) in [5, 5.41) is 2.67. The van der Waals surface area contributed by atoms with Crippen LogP contribution < -0.4 is 5.32 Å². The lowest BCUT2D eigenvalue weighted by molar-refractivity contribution is 0.135. The molecule has 1 aromatic rings. The zero-order valence-corrected chi connectivity index (χ0v) is 8.63. The maximum absolute atomic E-state index is 11.3. The van der Waals surface area contributed by atoms with Crippen molar-refractivity contribution in [1.82, 2.24) is 19.8 Å². The fourth-order valence-corrected chi connectivity index (χ4v) is 1.41. The monoisotopic (exact) mass is 224 g/mol. The Bertz CT molecular complexity index is 376. The number of carbonyl (C=O) groups excluding carboxylic acids is 2. The van der Waals surface area contributed by atoms with Gasteiger partial charge in [0, 0.05) is 25.5 Å². The molecule has 1 aliphatic heterocycles. The molecule has 1 aromatic heterocycles. The molecule has 1 N–H and O–H groups in total. The summed E-state index contributed by atoms with van der Waals surface area (Å²) in [5.74, 6) is 0. The molecule has 2 rings (SSSR count). The zero-order chi connectivity index (χ0) is 11.4. The average molecular weight is 224 g/mol. The van der Waals surface area contributed by atoms with E-state index in [2.05, 4.69) is 10.3 Å². The maximum atomic E-state index is 11.3. The van der Waals surface area contributed by atoms with Gasteiger partial charge in [0.25, 0.3) is 0 Å². The molecule has 0 radical (unpaired) electrons. The van der Waals surface area contributed by atoms with E-state index in [1.54, 1.807) is 4.90 Å². The Balaban J connectivity index is 1.72. The first-order valence-corrected chi connectivity index (χ1v) is 4.95. The standard InChI is InChI=1S/C9H12N4O3/c14-8-11-2-4-12(8)5-6-16-9(15)13-3-1-10-7-13/h1,3,7H,2,4-6H2,(H,11,14). The molecular formula is C9H12N4O3. The van der Waals surface area contributed by atoms with E-state index in [9.17, 15) is 9.59 Å². The highest BCUT2D eigenvalue weighted by atomic mass is 16.5. The van der Waals surface area contributed by atoms with E-state index in [-0.39, 0.29) is 12.6 Å². The Morgan fingerprint density at radius 1 is 1.62 bits per heavy atom. The molecule has 0 aromatic carbocycles. The minimum absolute atomic E-state index is 0.112. The van der Waals surface area contributed by atoms with Crippen LogP contribution in [0.1, 0.15) is 0 Å². The molecule has 0 aliphatic carbocycles. The summed E-state index contributed by atoms with van der Waals surface area (Å²) in [7, 11) is 0. The highest BCUT2D eigenvalue weighted by Gasteiger charge is 2.19. The van der Waals surface area contributed by atoms with Gasteiger partial charge in [-0.05, 0) is 0 Å². The van der Waals surface area contributed by atoms with E-state index in [1.807, 2.05) is 0 Å². The minimum atomic E-state index is -0.489. The highest BCUT2D eigenvalue weighted by molar-refractivity contribution is 5.76. The van der Waals surface area contributed by atoms with Crippen LogP contribution in [0.15, 0.2) is 18.7 Å². The van der Waals surface area contributed by atoms with Crippen molar-refractivity contribution in [2.24, 2.45) is 0 Å². The molecule has 0 unspecified atom stereocenters. The van der Waals surface area contributed by atoms with E-state index >= 15 is 0 Å². The largest absolute Gasteiger partial charge is 0.447 e. The van der Waals surface area contributed by atoms with Gasteiger partial charge in [-0.15, -0.1) is 0 Å². The van der Waals surface area contributed by atoms with Crippen LogP contribution in [0, 0.1) is 0 Å². The molecule has 16 heavy (non-hydrogen) atoms. The number of nitrogens with one attached hydrogen (secondary N) is 1. The number of urea groups is 1. The molecule has 0 saturated carbocycles. The molecule has 2 heterocycles. The molecule has 0 atom stereocenters. The summed E-state index contributed by atoms with van der Waals surface area (Å²) < 4.78 is 6.20. The first kappa shape index (κ1) is 10.5. The number of hydrogen-bond acceptors (Lipinski definition) is 4. The number of nitrogens with zero attached hydrogens (tertiary/aromatic N) is 3. The third kappa shape index (κ3) is 2.30. The van der Waals surface area contributed by atoms with Crippen molar-refractivity contribution in [3.63, 3.8) is 0 Å². The normalized spacial score (nSPS) is 15.0. The van der Waals surface area contributed by atoms with Crippen LogP contribution >= 0.6 is 0 Å². The van der Waals surface area contributed by atoms with Gasteiger partial charge in [-0.2, -0.15) is 0 Å². The van der Waals surface area contributed by atoms with Crippen molar-refractivity contribution < 1.29 is 14.3 Å². The molecule has 1 saturated heterocycles. The van der Waals surface area contributed by atoms with Gasteiger partial charge in [-0.25, -0.2) is 19.1 Å². The molecule has 1 aliphatic rings. The van der Waals surface area contributed by atoms with Gasteiger partial charge in [0.1, 0.15) is 12.9 Å². The summed E-state index contributed by atoms with van der Waals surface area (Å²) in [5.41, 5.74) is 0. The Labute approximate surface area is 92.0 Å². The molecule has 1 fully saturated rings. The SMILES string of the molecule is O=C1NCCN1CCOC(=O)n1ccnc1. The second kappa shape index (κ2) is 4.65. The summed E-state index contributed by atoms with van der Waals surface area (Å²) in [4.78, 5) is 27.8. The predicted molar refractivity (Wildman–Crippen MR) is 53.9 cm³/mol. The topological polar surface area (TPSA) is 76.5 Å². The van der Waals surface area contributed by atoms with Crippen LogP contribution in [0.25, 0.3) is 0 Å². The third-order valence-corrected chi connectivity index (χ3v) is 2.25. The lowest BCUT2D eigenvalue weighted by atomic mass is 10.5. The lowest BCUT2D eigenvalue weighted by Crippen LogP contribution is -2.32. The summed E-state index contributed by atoms with van der Waals surface area (Å²) in [6.45, 7) is 1.90. The molecule has 2 amide bonds. The van der Waals surface area contributed by atoms with Gasteiger partial charge in [0.2, 0.25) is 0 Å². The van der Waals surface area contributed by atoms with Crippen molar-refractivity contribution in [2.75, 3.05) is 26.2 Å². The average Bonchev–Trinajstić information content (AvgIpc) is 2.90. The summed E-state index contributed by atoms with van der Waals surface area (Å²) in [6.07, 6.45) is 3.88. The highest BCUT2D eigenvalue weighted by Crippen LogP contribution is 1.97. The first-order chi connectivity index (χ1) is 7.77. The Morgan fingerprint density at radius 2 is 2.50 bits per heavy atom.